The second-order valence-electron chi connectivity index (χ2n) is 6.88. The second kappa shape index (κ2) is 8.43. The van der Waals surface area contributed by atoms with Crippen LogP contribution in [0.3, 0.4) is 0 Å². The van der Waals surface area contributed by atoms with Gasteiger partial charge in [0.25, 0.3) is 5.91 Å². The van der Waals surface area contributed by atoms with Crippen LogP contribution in [0.5, 0.6) is 5.75 Å². The van der Waals surface area contributed by atoms with Crippen LogP contribution in [0.2, 0.25) is 0 Å². The Kier molecular flexibility index (Phi) is 5.96. The van der Waals surface area contributed by atoms with E-state index in [0.29, 0.717) is 12.2 Å². The Morgan fingerprint density at radius 2 is 1.79 bits per heavy atom. The predicted octanol–water partition coefficient (Wildman–Crippen LogP) is 3.86. The molecule has 1 aromatic heterocycles. The molecule has 1 heterocycles. The number of halogens is 2. The molecular weight excluding hydrogens is 378 g/mol. The molecule has 1 N–H and O–H groups in total. The summed E-state index contributed by atoms with van der Waals surface area (Å²) in [4.78, 5) is 25.4. The zero-order chi connectivity index (χ0) is 21.1. The maximum Gasteiger partial charge on any atom is 0.256 e. The number of amides is 1. The van der Waals surface area contributed by atoms with Crippen LogP contribution in [0.25, 0.3) is 10.9 Å². The molecule has 0 aliphatic carbocycles. The lowest BCUT2D eigenvalue weighted by atomic mass is 10.1. The number of nitrogens with zero attached hydrogens (tertiary/aromatic N) is 1. The van der Waals surface area contributed by atoms with E-state index in [-0.39, 0.29) is 23.7 Å². The Balaban J connectivity index is 2.18. The highest BCUT2D eigenvalue weighted by molar-refractivity contribution is 5.97. The van der Waals surface area contributed by atoms with Crippen molar-refractivity contribution >= 4 is 16.8 Å². The predicted molar refractivity (Wildman–Crippen MR) is 107 cm³/mol. The van der Waals surface area contributed by atoms with Gasteiger partial charge in [0, 0.05) is 18.8 Å². The molecule has 0 aliphatic heterocycles. The van der Waals surface area contributed by atoms with E-state index in [1.165, 1.54) is 10.8 Å². The van der Waals surface area contributed by atoms with Gasteiger partial charge in [-0.25, -0.2) is 8.78 Å². The van der Waals surface area contributed by atoms with Crippen molar-refractivity contribution in [3.63, 3.8) is 0 Å². The minimum Gasteiger partial charge on any atom is -0.497 e. The molecule has 0 radical (unpaired) electrons. The average molecular weight is 400 g/mol. The second-order valence-corrected chi connectivity index (χ2v) is 6.88. The number of nitrogens with one attached hydrogen (secondary N) is 1. The van der Waals surface area contributed by atoms with Gasteiger partial charge < -0.3 is 14.6 Å². The summed E-state index contributed by atoms with van der Waals surface area (Å²) < 4.78 is 35.6. The Morgan fingerprint density at radius 1 is 1.14 bits per heavy atom. The fourth-order valence-electron chi connectivity index (χ4n) is 3.07. The van der Waals surface area contributed by atoms with E-state index in [1.807, 2.05) is 6.92 Å². The van der Waals surface area contributed by atoms with Crippen molar-refractivity contribution in [1.82, 2.24) is 9.88 Å². The van der Waals surface area contributed by atoms with Crippen LogP contribution in [0.1, 0.15) is 36.2 Å². The molecule has 152 valence electrons. The quantitative estimate of drug-likeness (QED) is 0.684. The van der Waals surface area contributed by atoms with E-state index < -0.39 is 28.4 Å². The van der Waals surface area contributed by atoms with Gasteiger partial charge in [-0.05, 0) is 43.2 Å². The summed E-state index contributed by atoms with van der Waals surface area (Å²) in [6, 6.07) is 8.75. The lowest BCUT2D eigenvalue weighted by molar-refractivity contribution is 0.0937. The first kappa shape index (κ1) is 20.5. The van der Waals surface area contributed by atoms with Crippen molar-refractivity contribution in [1.29, 1.82) is 0 Å². The van der Waals surface area contributed by atoms with Gasteiger partial charge in [-0.1, -0.05) is 19.1 Å². The van der Waals surface area contributed by atoms with E-state index in [2.05, 4.69) is 5.32 Å². The SMILES string of the molecule is CCC(C)NC(=O)c1cn(Cc2ccc(OC)cc2)c2c(F)ccc(F)c2c1=O. The summed E-state index contributed by atoms with van der Waals surface area (Å²) in [6.45, 7) is 3.84. The minimum absolute atomic E-state index is 0.144. The molecule has 1 unspecified atom stereocenters. The van der Waals surface area contributed by atoms with Crippen molar-refractivity contribution in [2.75, 3.05) is 7.11 Å². The first-order valence-corrected chi connectivity index (χ1v) is 9.30. The third kappa shape index (κ3) is 4.13. The van der Waals surface area contributed by atoms with Crippen LogP contribution in [-0.2, 0) is 6.54 Å². The highest BCUT2D eigenvalue weighted by Crippen LogP contribution is 2.21. The van der Waals surface area contributed by atoms with Crippen molar-refractivity contribution < 1.29 is 18.3 Å². The summed E-state index contributed by atoms with van der Waals surface area (Å²) >= 11 is 0. The van der Waals surface area contributed by atoms with Gasteiger partial charge in [-0.3, -0.25) is 9.59 Å². The number of methoxy groups -OCH3 is 1. The first-order chi connectivity index (χ1) is 13.8. The normalized spacial score (nSPS) is 12.0. The minimum atomic E-state index is -0.868. The molecule has 5 nitrogen and oxygen atoms in total. The maximum atomic E-state index is 14.6. The number of pyridine rings is 1. The molecule has 1 atom stereocenters. The molecule has 1 amide bonds. The molecule has 0 aliphatic rings. The molecule has 0 fully saturated rings. The summed E-state index contributed by atoms with van der Waals surface area (Å²) in [6.07, 6.45) is 1.96. The average Bonchev–Trinajstić information content (AvgIpc) is 2.72. The van der Waals surface area contributed by atoms with Crippen molar-refractivity contribution in [2.24, 2.45) is 0 Å². The number of ether oxygens (including phenoxy) is 1. The van der Waals surface area contributed by atoms with E-state index in [9.17, 15) is 18.4 Å². The highest BCUT2D eigenvalue weighted by atomic mass is 19.1. The number of benzene rings is 2. The van der Waals surface area contributed by atoms with Crippen LogP contribution in [0.4, 0.5) is 8.78 Å². The lowest BCUT2D eigenvalue weighted by Gasteiger charge is -2.16. The van der Waals surface area contributed by atoms with Gasteiger partial charge in [0.15, 0.2) is 0 Å². The van der Waals surface area contributed by atoms with Gasteiger partial charge >= 0.3 is 0 Å². The fourth-order valence-corrected chi connectivity index (χ4v) is 3.07. The molecule has 0 bridgehead atoms. The van der Waals surface area contributed by atoms with E-state index >= 15 is 0 Å². The van der Waals surface area contributed by atoms with E-state index in [1.54, 1.807) is 38.3 Å². The number of carbonyl (C=O) groups is 1. The smallest absolute Gasteiger partial charge is 0.256 e. The molecule has 0 saturated carbocycles. The van der Waals surface area contributed by atoms with E-state index in [4.69, 9.17) is 4.74 Å². The zero-order valence-electron chi connectivity index (χ0n) is 16.5. The highest BCUT2D eigenvalue weighted by Gasteiger charge is 2.21. The number of hydrogen-bond acceptors (Lipinski definition) is 3. The Bertz CT molecular complexity index is 1110. The van der Waals surface area contributed by atoms with Crippen LogP contribution < -0.4 is 15.5 Å². The Morgan fingerprint density at radius 3 is 2.41 bits per heavy atom. The van der Waals surface area contributed by atoms with Crippen molar-refractivity contribution in [3.8, 4) is 5.75 Å². The Labute approximate surface area is 166 Å². The summed E-state index contributed by atoms with van der Waals surface area (Å²) in [5, 5.41) is 2.27. The number of rotatable bonds is 6. The molecule has 2 aromatic carbocycles. The third-order valence-electron chi connectivity index (χ3n) is 4.87. The molecule has 0 saturated heterocycles. The molecular formula is C22H22F2N2O3. The van der Waals surface area contributed by atoms with Crippen molar-refractivity contribution in [2.45, 2.75) is 32.9 Å². The van der Waals surface area contributed by atoms with Crippen LogP contribution >= 0.6 is 0 Å². The van der Waals surface area contributed by atoms with Gasteiger partial charge in [-0.15, -0.1) is 0 Å². The van der Waals surface area contributed by atoms with Gasteiger partial charge in [0.2, 0.25) is 5.43 Å². The standard InChI is InChI=1S/C22H22F2N2O3/c1-4-13(2)25-22(28)16-12-26(11-14-5-7-15(29-3)8-6-14)20-18(24)10-9-17(23)19(20)21(16)27/h5-10,12-13H,4,11H2,1-3H3,(H,25,28). The van der Waals surface area contributed by atoms with Crippen LogP contribution in [0, 0.1) is 11.6 Å². The number of hydrogen-bond donors (Lipinski definition) is 1. The topological polar surface area (TPSA) is 60.3 Å². The van der Waals surface area contributed by atoms with Gasteiger partial charge in [0.05, 0.1) is 18.0 Å². The summed E-state index contributed by atoms with van der Waals surface area (Å²) in [7, 11) is 1.55. The number of carbonyl (C=O) groups excluding carboxylic acids is 1. The first-order valence-electron chi connectivity index (χ1n) is 9.30. The zero-order valence-corrected chi connectivity index (χ0v) is 16.5. The number of aromatic nitrogens is 1. The van der Waals surface area contributed by atoms with Crippen LogP contribution in [-0.4, -0.2) is 23.6 Å². The fraction of sp³-hybridized carbons (Fsp3) is 0.273. The largest absolute Gasteiger partial charge is 0.497 e. The van der Waals surface area contributed by atoms with Crippen LogP contribution in [0.15, 0.2) is 47.4 Å². The molecule has 7 heteroatoms. The van der Waals surface area contributed by atoms with Gasteiger partial charge in [-0.2, -0.15) is 0 Å². The molecule has 3 rings (SSSR count). The molecule has 3 aromatic rings. The molecule has 29 heavy (non-hydrogen) atoms. The summed E-state index contributed by atoms with van der Waals surface area (Å²) in [5.41, 5.74) is -0.460. The third-order valence-corrected chi connectivity index (χ3v) is 4.87. The summed E-state index contributed by atoms with van der Waals surface area (Å²) in [5.74, 6) is -1.56. The number of fused-ring (bicyclic) bond motifs is 1. The van der Waals surface area contributed by atoms with E-state index in [0.717, 1.165) is 17.7 Å². The Hall–Kier alpha value is -3.22. The maximum absolute atomic E-state index is 14.6. The van der Waals surface area contributed by atoms with Crippen molar-refractivity contribution in [3.05, 3.63) is 75.6 Å². The molecule has 0 spiro atoms. The van der Waals surface area contributed by atoms with Gasteiger partial charge in [0.1, 0.15) is 22.9 Å². The lowest BCUT2D eigenvalue weighted by Crippen LogP contribution is -2.35. The monoisotopic (exact) mass is 400 g/mol.